The van der Waals surface area contributed by atoms with Gasteiger partial charge in [0, 0.05) is 4.88 Å². The maximum atomic E-state index is 13.7. The molecule has 1 aliphatic rings. The zero-order valence-electron chi connectivity index (χ0n) is 16.8. The molecule has 1 aliphatic heterocycles. The summed E-state index contributed by atoms with van der Waals surface area (Å²) in [5.41, 5.74) is 2.21. The number of thiophene rings is 1. The van der Waals surface area contributed by atoms with Crippen LogP contribution in [0.3, 0.4) is 0 Å². The van der Waals surface area contributed by atoms with Gasteiger partial charge in [0.25, 0.3) is 0 Å². The summed E-state index contributed by atoms with van der Waals surface area (Å²) in [5.74, 6) is 2.43. The summed E-state index contributed by atoms with van der Waals surface area (Å²) in [5, 5.41) is 1.20. The summed E-state index contributed by atoms with van der Waals surface area (Å²) >= 11 is 1.75. The molecule has 1 aromatic carbocycles. The Morgan fingerprint density at radius 2 is 1.93 bits per heavy atom. The van der Waals surface area contributed by atoms with Crippen molar-refractivity contribution in [2.24, 2.45) is 0 Å². The molecule has 1 saturated heterocycles. The molecule has 4 rings (SSSR count). The highest BCUT2D eigenvalue weighted by atomic mass is 32.1. The zero-order valence-corrected chi connectivity index (χ0v) is 17.6. The quantitative estimate of drug-likeness (QED) is 0.730. The van der Waals surface area contributed by atoms with Gasteiger partial charge in [-0.1, -0.05) is 0 Å². The van der Waals surface area contributed by atoms with E-state index in [-0.39, 0.29) is 5.82 Å². The van der Waals surface area contributed by atoms with Crippen LogP contribution in [0.15, 0.2) is 18.2 Å². The molecule has 3 heterocycles. The van der Waals surface area contributed by atoms with Crippen molar-refractivity contribution in [3.05, 3.63) is 45.8 Å². The first kappa shape index (κ1) is 19.1. The summed E-state index contributed by atoms with van der Waals surface area (Å²) in [6.07, 6.45) is 0. The minimum atomic E-state index is -0.212. The maximum Gasteiger partial charge on any atom is 0.141 e. The molecular formula is C21H26FN4OS+. The Hall–Kier alpha value is -2.25. The molecule has 7 heteroatoms. The van der Waals surface area contributed by atoms with Crippen molar-refractivity contribution in [2.45, 2.75) is 27.3 Å². The fourth-order valence-electron chi connectivity index (χ4n) is 3.93. The number of methoxy groups -OCH3 is 1. The van der Waals surface area contributed by atoms with Gasteiger partial charge in [-0.05, 0) is 44.5 Å². The van der Waals surface area contributed by atoms with Crippen LogP contribution in [0.2, 0.25) is 0 Å². The van der Waals surface area contributed by atoms with Crippen molar-refractivity contribution in [2.75, 3.05) is 38.2 Å². The van der Waals surface area contributed by atoms with E-state index >= 15 is 0 Å². The first-order valence-corrected chi connectivity index (χ1v) is 10.4. The van der Waals surface area contributed by atoms with E-state index in [2.05, 4.69) is 23.7 Å². The van der Waals surface area contributed by atoms with Crippen LogP contribution in [0, 0.1) is 26.6 Å². The summed E-state index contributed by atoms with van der Waals surface area (Å²) in [7, 11) is 1.64. The molecule has 28 heavy (non-hydrogen) atoms. The number of nitrogens with one attached hydrogen (secondary N) is 1. The second-order valence-electron chi connectivity index (χ2n) is 7.43. The monoisotopic (exact) mass is 401 g/mol. The average molecular weight is 402 g/mol. The third-order valence-electron chi connectivity index (χ3n) is 5.57. The van der Waals surface area contributed by atoms with Gasteiger partial charge in [0.1, 0.15) is 34.6 Å². The highest BCUT2D eigenvalue weighted by molar-refractivity contribution is 7.18. The van der Waals surface area contributed by atoms with Crippen LogP contribution in [-0.4, -0.2) is 43.3 Å². The van der Waals surface area contributed by atoms with Crippen LogP contribution in [0.4, 0.5) is 10.2 Å². The molecule has 0 amide bonds. The van der Waals surface area contributed by atoms with Gasteiger partial charge in [-0.25, -0.2) is 14.4 Å². The van der Waals surface area contributed by atoms with Crippen LogP contribution >= 0.6 is 11.3 Å². The molecule has 3 aromatic rings. The Balaban J connectivity index is 1.52. The number of ether oxygens (including phenoxy) is 1. The summed E-state index contributed by atoms with van der Waals surface area (Å²) < 4.78 is 19.1. The normalized spacial score (nSPS) is 15.4. The van der Waals surface area contributed by atoms with E-state index in [0.29, 0.717) is 0 Å². The highest BCUT2D eigenvalue weighted by Gasteiger charge is 2.25. The van der Waals surface area contributed by atoms with E-state index in [4.69, 9.17) is 9.72 Å². The number of nitrogens with zero attached hydrogens (tertiary/aromatic N) is 3. The first-order valence-electron chi connectivity index (χ1n) is 9.61. The Bertz CT molecular complexity index is 1010. The summed E-state index contributed by atoms with van der Waals surface area (Å²) in [6, 6.07) is 4.75. The van der Waals surface area contributed by atoms with Gasteiger partial charge in [0.05, 0.1) is 44.2 Å². The summed E-state index contributed by atoms with van der Waals surface area (Å²) in [6.45, 7) is 10.8. The maximum absolute atomic E-state index is 13.7. The zero-order chi connectivity index (χ0) is 19.8. The van der Waals surface area contributed by atoms with Crippen LogP contribution in [0.5, 0.6) is 5.75 Å². The lowest BCUT2D eigenvalue weighted by Gasteiger charge is -2.33. The molecule has 0 aliphatic carbocycles. The Morgan fingerprint density at radius 3 is 2.64 bits per heavy atom. The second-order valence-corrected chi connectivity index (χ2v) is 8.63. The van der Waals surface area contributed by atoms with Crippen molar-refractivity contribution in [1.82, 2.24) is 9.97 Å². The van der Waals surface area contributed by atoms with Gasteiger partial charge in [0.15, 0.2) is 0 Å². The Morgan fingerprint density at radius 1 is 1.18 bits per heavy atom. The van der Waals surface area contributed by atoms with Gasteiger partial charge in [-0.3, -0.25) is 0 Å². The SMILES string of the molecule is COc1ccc(F)cc1C[NH+]1CCN(c2nc(C)nc3sc(C)c(C)c23)CC1. The molecule has 1 N–H and O–H groups in total. The van der Waals surface area contributed by atoms with Gasteiger partial charge in [0.2, 0.25) is 0 Å². The minimum absolute atomic E-state index is 0.212. The van der Waals surface area contributed by atoms with Crippen LogP contribution in [0.25, 0.3) is 10.2 Å². The van der Waals surface area contributed by atoms with E-state index in [1.165, 1.54) is 26.8 Å². The fourth-order valence-corrected chi connectivity index (χ4v) is 5.00. The highest BCUT2D eigenvalue weighted by Crippen LogP contribution is 2.34. The molecule has 0 spiro atoms. The number of halogens is 1. The third-order valence-corrected chi connectivity index (χ3v) is 6.68. The van der Waals surface area contributed by atoms with Crippen molar-refractivity contribution in [3.63, 3.8) is 0 Å². The lowest BCUT2D eigenvalue weighted by molar-refractivity contribution is -0.914. The van der Waals surface area contributed by atoms with Crippen molar-refractivity contribution in [3.8, 4) is 5.75 Å². The molecule has 0 saturated carbocycles. The molecule has 148 valence electrons. The smallest absolute Gasteiger partial charge is 0.141 e. The van der Waals surface area contributed by atoms with E-state index in [9.17, 15) is 4.39 Å². The minimum Gasteiger partial charge on any atom is -0.496 e. The standard InChI is InChI=1S/C21H25FN4OS/c1-13-14(2)28-21-19(13)20(23-15(3)24-21)26-9-7-25(8-10-26)12-16-11-17(22)5-6-18(16)27-4/h5-6,11H,7-10,12H2,1-4H3/p+1. The number of benzene rings is 1. The number of fused-ring (bicyclic) bond motifs is 1. The molecular weight excluding hydrogens is 375 g/mol. The van der Waals surface area contributed by atoms with Crippen LogP contribution in [-0.2, 0) is 6.54 Å². The predicted octanol–water partition coefficient (Wildman–Crippen LogP) is 2.67. The molecule has 0 atom stereocenters. The number of quaternary nitrogens is 1. The molecule has 2 aromatic heterocycles. The molecule has 0 unspecified atom stereocenters. The molecule has 0 radical (unpaired) electrons. The van der Waals surface area contributed by atoms with Gasteiger partial charge in [-0.15, -0.1) is 11.3 Å². The number of anilines is 1. The third kappa shape index (κ3) is 3.56. The number of aromatic nitrogens is 2. The topological polar surface area (TPSA) is 42.7 Å². The van der Waals surface area contributed by atoms with E-state index in [1.54, 1.807) is 30.6 Å². The van der Waals surface area contributed by atoms with E-state index in [1.807, 2.05) is 6.92 Å². The van der Waals surface area contributed by atoms with Crippen LogP contribution < -0.4 is 14.5 Å². The van der Waals surface area contributed by atoms with Crippen molar-refractivity contribution >= 4 is 27.4 Å². The van der Waals surface area contributed by atoms with Crippen LogP contribution in [0.1, 0.15) is 21.8 Å². The van der Waals surface area contributed by atoms with Crippen molar-refractivity contribution in [1.29, 1.82) is 0 Å². The molecule has 5 nitrogen and oxygen atoms in total. The number of aryl methyl sites for hydroxylation is 3. The van der Waals surface area contributed by atoms with E-state index in [0.717, 1.165) is 60.5 Å². The lowest BCUT2D eigenvalue weighted by atomic mass is 10.1. The van der Waals surface area contributed by atoms with E-state index < -0.39 is 0 Å². The Kier molecular flexibility index (Phi) is 5.21. The summed E-state index contributed by atoms with van der Waals surface area (Å²) in [4.78, 5) is 15.6. The number of piperazine rings is 1. The predicted molar refractivity (Wildman–Crippen MR) is 111 cm³/mol. The first-order chi connectivity index (χ1) is 13.5. The average Bonchev–Trinajstić information content (AvgIpc) is 2.95. The van der Waals surface area contributed by atoms with Gasteiger partial charge >= 0.3 is 0 Å². The number of hydrogen-bond acceptors (Lipinski definition) is 5. The molecule has 0 bridgehead atoms. The lowest BCUT2D eigenvalue weighted by Crippen LogP contribution is -3.13. The number of rotatable bonds is 4. The number of hydrogen-bond donors (Lipinski definition) is 1. The largest absolute Gasteiger partial charge is 0.496 e. The van der Waals surface area contributed by atoms with Gasteiger partial charge in [-0.2, -0.15) is 0 Å². The fraction of sp³-hybridized carbons (Fsp3) is 0.429. The van der Waals surface area contributed by atoms with Crippen molar-refractivity contribution < 1.29 is 14.0 Å². The Labute approximate surface area is 168 Å². The second kappa shape index (κ2) is 7.64. The van der Waals surface area contributed by atoms with Gasteiger partial charge < -0.3 is 14.5 Å². The molecule has 1 fully saturated rings.